The van der Waals surface area contributed by atoms with E-state index in [4.69, 9.17) is 0 Å². The van der Waals surface area contributed by atoms with Crippen LogP contribution < -0.4 is 10.6 Å². The molecule has 100 valence electrons. The second kappa shape index (κ2) is 5.84. The van der Waals surface area contributed by atoms with Crippen molar-refractivity contribution in [1.29, 1.82) is 0 Å². The number of aliphatic hydroxyl groups excluding tert-OH is 1. The third kappa shape index (κ3) is 3.32. The molecular formula is C12H19BrN4O. The number of halogens is 1. The van der Waals surface area contributed by atoms with E-state index in [0.29, 0.717) is 5.95 Å². The molecule has 0 amide bonds. The van der Waals surface area contributed by atoms with Crippen molar-refractivity contribution in [1.82, 2.24) is 9.97 Å². The van der Waals surface area contributed by atoms with Gasteiger partial charge in [0, 0.05) is 24.7 Å². The molecule has 5 nitrogen and oxygen atoms in total. The maximum Gasteiger partial charge on any atom is 0.224 e. The number of aliphatic hydroxyl groups is 1. The van der Waals surface area contributed by atoms with Gasteiger partial charge in [-0.1, -0.05) is 6.92 Å². The molecule has 6 heteroatoms. The van der Waals surface area contributed by atoms with Gasteiger partial charge in [0.25, 0.3) is 0 Å². The molecule has 2 rings (SSSR count). The van der Waals surface area contributed by atoms with E-state index < -0.39 is 0 Å². The van der Waals surface area contributed by atoms with Crippen LogP contribution in [-0.2, 0) is 0 Å². The molecule has 0 saturated heterocycles. The fourth-order valence-electron chi connectivity index (χ4n) is 1.65. The standard InChI is InChI=1S/C12H19BrN4O/c1-2-5-14-11-15-6-9(13)10(17-11)16-7-12(8-18)3-4-12/h6,18H,2-5,7-8H2,1H3,(H2,14,15,16,17). The number of nitrogens with zero attached hydrogens (tertiary/aromatic N) is 2. The first kappa shape index (κ1) is 13.5. The third-order valence-electron chi connectivity index (χ3n) is 3.20. The highest BCUT2D eigenvalue weighted by atomic mass is 79.9. The first-order chi connectivity index (χ1) is 8.69. The van der Waals surface area contributed by atoms with E-state index in [2.05, 4.69) is 43.5 Å². The number of rotatable bonds is 7. The number of aromatic nitrogens is 2. The van der Waals surface area contributed by atoms with Gasteiger partial charge in [-0.15, -0.1) is 0 Å². The molecule has 0 aromatic carbocycles. The average molecular weight is 315 g/mol. The van der Waals surface area contributed by atoms with Gasteiger partial charge in [0.2, 0.25) is 5.95 Å². The molecule has 0 unspecified atom stereocenters. The van der Waals surface area contributed by atoms with Gasteiger partial charge in [-0.05, 0) is 35.2 Å². The maximum absolute atomic E-state index is 9.28. The largest absolute Gasteiger partial charge is 0.396 e. The SMILES string of the molecule is CCCNc1ncc(Br)c(NCC2(CO)CC2)n1. The maximum atomic E-state index is 9.28. The zero-order valence-electron chi connectivity index (χ0n) is 10.5. The number of hydrogen-bond donors (Lipinski definition) is 3. The second-order valence-electron chi connectivity index (χ2n) is 4.83. The summed E-state index contributed by atoms with van der Waals surface area (Å²) in [6.45, 7) is 3.96. The lowest BCUT2D eigenvalue weighted by atomic mass is 10.1. The van der Waals surface area contributed by atoms with E-state index in [1.165, 1.54) is 0 Å². The predicted octanol–water partition coefficient (Wildman–Crippen LogP) is 2.25. The van der Waals surface area contributed by atoms with Crippen LogP contribution in [0.25, 0.3) is 0 Å². The molecule has 3 N–H and O–H groups in total. The van der Waals surface area contributed by atoms with Crippen LogP contribution in [0, 0.1) is 5.41 Å². The van der Waals surface area contributed by atoms with Crippen LogP contribution in [0.5, 0.6) is 0 Å². The minimum Gasteiger partial charge on any atom is -0.396 e. The third-order valence-corrected chi connectivity index (χ3v) is 3.78. The minimum absolute atomic E-state index is 0.0708. The van der Waals surface area contributed by atoms with Crippen LogP contribution in [0.1, 0.15) is 26.2 Å². The molecule has 1 aliphatic rings. The number of anilines is 2. The van der Waals surface area contributed by atoms with Gasteiger partial charge < -0.3 is 15.7 Å². The van der Waals surface area contributed by atoms with Crippen molar-refractivity contribution in [3.63, 3.8) is 0 Å². The van der Waals surface area contributed by atoms with Gasteiger partial charge in [0.1, 0.15) is 5.82 Å². The van der Waals surface area contributed by atoms with Crippen molar-refractivity contribution in [2.45, 2.75) is 26.2 Å². The Balaban J connectivity index is 1.97. The second-order valence-corrected chi connectivity index (χ2v) is 5.68. The lowest BCUT2D eigenvalue weighted by molar-refractivity contribution is 0.219. The van der Waals surface area contributed by atoms with Crippen molar-refractivity contribution in [3.05, 3.63) is 10.7 Å². The van der Waals surface area contributed by atoms with Gasteiger partial charge in [-0.2, -0.15) is 4.98 Å². The summed E-state index contributed by atoms with van der Waals surface area (Å²) >= 11 is 3.43. The normalized spacial score (nSPS) is 16.4. The Bertz CT molecular complexity index is 409. The minimum atomic E-state index is 0.0708. The molecule has 18 heavy (non-hydrogen) atoms. The summed E-state index contributed by atoms with van der Waals surface area (Å²) in [7, 11) is 0. The van der Waals surface area contributed by atoms with E-state index in [9.17, 15) is 5.11 Å². The molecule has 1 saturated carbocycles. The van der Waals surface area contributed by atoms with Crippen LogP contribution >= 0.6 is 15.9 Å². The Morgan fingerprint density at radius 3 is 2.83 bits per heavy atom. The highest BCUT2D eigenvalue weighted by Gasteiger charge is 2.41. The lowest BCUT2D eigenvalue weighted by Crippen LogP contribution is -2.20. The van der Waals surface area contributed by atoms with Crippen molar-refractivity contribution >= 4 is 27.7 Å². The Kier molecular flexibility index (Phi) is 4.40. The van der Waals surface area contributed by atoms with Crippen LogP contribution in [0.2, 0.25) is 0 Å². The van der Waals surface area contributed by atoms with E-state index in [1.54, 1.807) is 6.20 Å². The lowest BCUT2D eigenvalue weighted by Gasteiger charge is -2.14. The van der Waals surface area contributed by atoms with Crippen LogP contribution in [0.4, 0.5) is 11.8 Å². The first-order valence-corrected chi connectivity index (χ1v) is 7.09. The zero-order chi connectivity index (χ0) is 13.0. The van der Waals surface area contributed by atoms with Gasteiger partial charge in [0.15, 0.2) is 0 Å². The molecule has 1 heterocycles. The molecule has 0 spiro atoms. The summed E-state index contributed by atoms with van der Waals surface area (Å²) in [4.78, 5) is 8.61. The number of hydrogen-bond acceptors (Lipinski definition) is 5. The molecule has 0 bridgehead atoms. The highest BCUT2D eigenvalue weighted by molar-refractivity contribution is 9.10. The van der Waals surface area contributed by atoms with Crippen molar-refractivity contribution in [3.8, 4) is 0 Å². The molecule has 1 aliphatic carbocycles. The Morgan fingerprint density at radius 2 is 2.22 bits per heavy atom. The van der Waals surface area contributed by atoms with Crippen molar-refractivity contribution in [2.75, 3.05) is 30.3 Å². The summed E-state index contributed by atoms with van der Waals surface area (Å²) in [6.07, 6.45) is 4.95. The Morgan fingerprint density at radius 1 is 1.44 bits per heavy atom. The first-order valence-electron chi connectivity index (χ1n) is 6.30. The van der Waals surface area contributed by atoms with Gasteiger partial charge in [0.05, 0.1) is 11.1 Å². The van der Waals surface area contributed by atoms with Crippen molar-refractivity contribution < 1.29 is 5.11 Å². The van der Waals surface area contributed by atoms with Gasteiger partial charge >= 0.3 is 0 Å². The van der Waals surface area contributed by atoms with E-state index in [-0.39, 0.29) is 12.0 Å². The molecule has 1 aromatic heterocycles. The number of nitrogens with one attached hydrogen (secondary N) is 2. The van der Waals surface area contributed by atoms with Crippen molar-refractivity contribution in [2.24, 2.45) is 5.41 Å². The van der Waals surface area contributed by atoms with E-state index in [1.807, 2.05) is 0 Å². The average Bonchev–Trinajstić information content (AvgIpc) is 3.17. The summed E-state index contributed by atoms with van der Waals surface area (Å²) < 4.78 is 0.846. The molecule has 0 atom stereocenters. The van der Waals surface area contributed by atoms with E-state index in [0.717, 1.165) is 42.6 Å². The molecule has 0 aliphatic heterocycles. The van der Waals surface area contributed by atoms with Gasteiger partial charge in [-0.25, -0.2) is 4.98 Å². The molecule has 1 fully saturated rings. The van der Waals surface area contributed by atoms with Crippen LogP contribution in [-0.4, -0.2) is 34.8 Å². The smallest absolute Gasteiger partial charge is 0.224 e. The highest BCUT2D eigenvalue weighted by Crippen LogP contribution is 2.45. The summed E-state index contributed by atoms with van der Waals surface area (Å²) in [5.41, 5.74) is 0.0708. The monoisotopic (exact) mass is 314 g/mol. The fourth-order valence-corrected chi connectivity index (χ4v) is 1.98. The quantitative estimate of drug-likeness (QED) is 0.720. The Hall–Kier alpha value is -0.880. The predicted molar refractivity (Wildman–Crippen MR) is 75.8 cm³/mol. The van der Waals surface area contributed by atoms with Gasteiger partial charge in [-0.3, -0.25) is 0 Å². The summed E-state index contributed by atoms with van der Waals surface area (Å²) in [5.74, 6) is 1.42. The molecule has 0 radical (unpaired) electrons. The zero-order valence-corrected chi connectivity index (χ0v) is 12.1. The molecular weight excluding hydrogens is 296 g/mol. The Labute approximate surface area is 116 Å². The topological polar surface area (TPSA) is 70.1 Å². The summed E-state index contributed by atoms with van der Waals surface area (Å²) in [6, 6.07) is 0. The fraction of sp³-hybridized carbons (Fsp3) is 0.667. The van der Waals surface area contributed by atoms with E-state index >= 15 is 0 Å². The van der Waals surface area contributed by atoms with Crippen LogP contribution in [0.3, 0.4) is 0 Å². The molecule has 1 aromatic rings. The summed E-state index contributed by atoms with van der Waals surface area (Å²) in [5, 5.41) is 15.7. The van der Waals surface area contributed by atoms with Crippen LogP contribution in [0.15, 0.2) is 10.7 Å².